The van der Waals surface area contributed by atoms with E-state index in [1.807, 2.05) is 0 Å². The summed E-state index contributed by atoms with van der Waals surface area (Å²) >= 11 is 0. The van der Waals surface area contributed by atoms with E-state index in [0.717, 1.165) is 89.9 Å². The Labute approximate surface area is 324 Å². The molecule has 9 nitrogen and oxygen atoms in total. The second kappa shape index (κ2) is 39.7. The molecule has 0 radical (unpaired) electrons. The molecule has 0 aromatic rings. The van der Waals surface area contributed by atoms with E-state index < -0.39 is 32.5 Å². The molecule has 0 aromatic carbocycles. The third-order valence-electron chi connectivity index (χ3n) is 8.69. The van der Waals surface area contributed by atoms with Crippen molar-refractivity contribution in [3.05, 3.63) is 48.6 Å². The highest BCUT2D eigenvalue weighted by molar-refractivity contribution is 7.47. The van der Waals surface area contributed by atoms with Crippen LogP contribution in [0.3, 0.4) is 0 Å². The molecule has 0 saturated heterocycles. The fourth-order valence-corrected chi connectivity index (χ4v) is 6.28. The molecular weight excluding hydrogens is 689 g/mol. The van der Waals surface area contributed by atoms with E-state index in [0.29, 0.717) is 6.42 Å². The number of nitrogens with two attached hydrogens (primary N) is 1. The van der Waals surface area contributed by atoms with Gasteiger partial charge in [-0.25, -0.2) is 4.57 Å². The van der Waals surface area contributed by atoms with Crippen LogP contribution in [0, 0.1) is 0 Å². The quantitative estimate of drug-likeness (QED) is 0.0271. The lowest BCUT2D eigenvalue weighted by molar-refractivity contribution is -0.161. The molecule has 0 fully saturated rings. The van der Waals surface area contributed by atoms with Crippen LogP contribution in [0.4, 0.5) is 0 Å². The normalized spacial score (nSPS) is 13.8. The van der Waals surface area contributed by atoms with Crippen molar-refractivity contribution in [3.8, 4) is 0 Å². The van der Waals surface area contributed by atoms with Crippen molar-refractivity contribution in [2.24, 2.45) is 5.73 Å². The van der Waals surface area contributed by atoms with Gasteiger partial charge in [0.15, 0.2) is 6.10 Å². The number of carbonyl (C=O) groups is 2. The smallest absolute Gasteiger partial charge is 0.462 e. The van der Waals surface area contributed by atoms with Gasteiger partial charge in [-0.15, -0.1) is 0 Å². The molecule has 2 atom stereocenters. The van der Waals surface area contributed by atoms with Crippen LogP contribution >= 0.6 is 7.82 Å². The van der Waals surface area contributed by atoms with Gasteiger partial charge in [0.25, 0.3) is 0 Å². The maximum absolute atomic E-state index is 12.6. The predicted molar refractivity (Wildman–Crippen MR) is 220 cm³/mol. The molecule has 0 aliphatic carbocycles. The Kier molecular flexibility index (Phi) is 38.1. The predicted octanol–water partition coefficient (Wildman–Crippen LogP) is 11.9. The molecule has 308 valence electrons. The van der Waals surface area contributed by atoms with Gasteiger partial charge >= 0.3 is 19.8 Å². The first-order valence-electron chi connectivity index (χ1n) is 21.1. The highest BCUT2D eigenvalue weighted by Gasteiger charge is 2.26. The van der Waals surface area contributed by atoms with Gasteiger partial charge < -0.3 is 20.1 Å². The van der Waals surface area contributed by atoms with Gasteiger partial charge in [0, 0.05) is 19.4 Å². The number of allylic oxidation sites excluding steroid dienone is 8. The van der Waals surface area contributed by atoms with Gasteiger partial charge in [0.1, 0.15) is 6.61 Å². The van der Waals surface area contributed by atoms with Crippen LogP contribution in [-0.2, 0) is 32.7 Å². The molecule has 0 bridgehead atoms. The highest BCUT2D eigenvalue weighted by Crippen LogP contribution is 2.43. The van der Waals surface area contributed by atoms with E-state index in [1.165, 1.54) is 57.8 Å². The van der Waals surface area contributed by atoms with Crippen LogP contribution in [0.25, 0.3) is 0 Å². The topological polar surface area (TPSA) is 134 Å². The summed E-state index contributed by atoms with van der Waals surface area (Å²) in [7, 11) is -4.38. The SMILES string of the molecule is CCCCC/C=C\C/C=C\C/C=C\CCCCCCCCC(=O)OC(COC(=O)CCCCCCC/C=C\CCCCCC)COP(=O)(O)OCCN. The minimum absolute atomic E-state index is 0.0484. The Balaban J connectivity index is 4.21. The molecule has 10 heteroatoms. The Morgan fingerprint density at radius 1 is 0.566 bits per heavy atom. The fraction of sp³-hybridized carbons (Fsp3) is 0.767. The van der Waals surface area contributed by atoms with Gasteiger partial charge in [-0.3, -0.25) is 18.6 Å². The Morgan fingerprint density at radius 3 is 1.51 bits per heavy atom. The van der Waals surface area contributed by atoms with Crippen LogP contribution < -0.4 is 5.73 Å². The number of phosphoric acid groups is 1. The molecule has 0 aliphatic rings. The lowest BCUT2D eigenvalue weighted by Crippen LogP contribution is -2.29. The van der Waals surface area contributed by atoms with Crippen molar-refractivity contribution in [2.75, 3.05) is 26.4 Å². The third kappa shape index (κ3) is 39.5. The average molecular weight is 768 g/mol. The number of unbranched alkanes of at least 4 members (excludes halogenated alkanes) is 18. The summed E-state index contributed by atoms with van der Waals surface area (Å²) in [4.78, 5) is 34.8. The maximum atomic E-state index is 12.6. The lowest BCUT2D eigenvalue weighted by atomic mass is 10.1. The first-order valence-corrected chi connectivity index (χ1v) is 22.6. The molecule has 0 rings (SSSR count). The molecule has 0 spiro atoms. The van der Waals surface area contributed by atoms with Crippen LogP contribution in [0.5, 0.6) is 0 Å². The number of phosphoric ester groups is 1. The lowest BCUT2D eigenvalue weighted by Gasteiger charge is -2.19. The van der Waals surface area contributed by atoms with Crippen LogP contribution in [0.2, 0.25) is 0 Å². The maximum Gasteiger partial charge on any atom is 0.472 e. The van der Waals surface area contributed by atoms with Crippen molar-refractivity contribution in [2.45, 2.75) is 187 Å². The monoisotopic (exact) mass is 768 g/mol. The van der Waals surface area contributed by atoms with Gasteiger partial charge in [-0.2, -0.15) is 0 Å². The van der Waals surface area contributed by atoms with E-state index >= 15 is 0 Å². The summed E-state index contributed by atoms with van der Waals surface area (Å²) in [6.45, 7) is 3.66. The minimum atomic E-state index is -4.38. The average Bonchev–Trinajstić information content (AvgIpc) is 3.14. The standard InChI is InChI=1S/C43H78NO8P/c1-3-5-7-9-11-13-15-17-18-19-20-21-22-24-26-28-30-32-34-36-43(46)52-41(40-51-53(47,48)50-38-37-44)39-49-42(45)35-33-31-29-27-25-23-16-14-12-10-8-6-4-2/h11,13-14,16-18,20-21,41H,3-10,12,15,19,22-40,44H2,1-2H3,(H,47,48)/b13-11-,16-14-,18-17-,21-20-. The summed E-state index contributed by atoms with van der Waals surface area (Å²) in [6, 6.07) is 0. The van der Waals surface area contributed by atoms with Crippen molar-refractivity contribution >= 4 is 19.8 Å². The van der Waals surface area contributed by atoms with E-state index in [2.05, 4.69) is 62.5 Å². The van der Waals surface area contributed by atoms with Crippen molar-refractivity contribution in [1.29, 1.82) is 0 Å². The van der Waals surface area contributed by atoms with E-state index in [1.54, 1.807) is 0 Å². The van der Waals surface area contributed by atoms with E-state index in [-0.39, 0.29) is 32.6 Å². The molecule has 53 heavy (non-hydrogen) atoms. The number of ether oxygens (including phenoxy) is 2. The second-order valence-electron chi connectivity index (χ2n) is 13.8. The summed E-state index contributed by atoms with van der Waals surface area (Å²) in [5.41, 5.74) is 5.34. The Hall–Kier alpha value is -2.03. The number of hydrogen-bond acceptors (Lipinski definition) is 8. The molecule has 0 aromatic heterocycles. The number of esters is 2. The number of carbonyl (C=O) groups excluding carboxylic acids is 2. The molecule has 0 saturated carbocycles. The van der Waals surface area contributed by atoms with Crippen molar-refractivity contribution in [1.82, 2.24) is 0 Å². The largest absolute Gasteiger partial charge is 0.472 e. The second-order valence-corrected chi connectivity index (χ2v) is 15.3. The zero-order valence-electron chi connectivity index (χ0n) is 33.7. The summed E-state index contributed by atoms with van der Waals surface area (Å²) in [5.74, 6) is -0.855. The molecule has 0 amide bonds. The summed E-state index contributed by atoms with van der Waals surface area (Å²) < 4.78 is 32.7. The van der Waals surface area contributed by atoms with Crippen LogP contribution in [-0.4, -0.2) is 49.3 Å². The summed E-state index contributed by atoms with van der Waals surface area (Å²) in [5, 5.41) is 0. The molecular formula is C43H78NO8P. The zero-order chi connectivity index (χ0) is 38.9. The third-order valence-corrected chi connectivity index (χ3v) is 9.67. The molecule has 0 heterocycles. The molecule has 2 unspecified atom stereocenters. The first kappa shape index (κ1) is 51.0. The molecule has 3 N–H and O–H groups in total. The fourth-order valence-electron chi connectivity index (χ4n) is 5.52. The minimum Gasteiger partial charge on any atom is -0.462 e. The number of hydrogen-bond donors (Lipinski definition) is 2. The Morgan fingerprint density at radius 2 is 0.981 bits per heavy atom. The highest BCUT2D eigenvalue weighted by atomic mass is 31.2. The zero-order valence-corrected chi connectivity index (χ0v) is 34.6. The Bertz CT molecular complexity index is 1010. The van der Waals surface area contributed by atoms with E-state index in [4.69, 9.17) is 24.3 Å². The van der Waals surface area contributed by atoms with Gasteiger partial charge in [-0.1, -0.05) is 140 Å². The van der Waals surface area contributed by atoms with Crippen molar-refractivity contribution < 1.29 is 37.6 Å². The first-order chi connectivity index (χ1) is 25.8. The van der Waals surface area contributed by atoms with Crippen molar-refractivity contribution in [3.63, 3.8) is 0 Å². The summed E-state index contributed by atoms with van der Waals surface area (Å²) in [6.07, 6.45) is 44.2. The van der Waals surface area contributed by atoms with Gasteiger partial charge in [0.2, 0.25) is 0 Å². The number of rotatable bonds is 39. The van der Waals surface area contributed by atoms with Crippen LogP contribution in [0.1, 0.15) is 181 Å². The van der Waals surface area contributed by atoms with Gasteiger partial charge in [-0.05, 0) is 77.0 Å². The van der Waals surface area contributed by atoms with E-state index in [9.17, 15) is 19.0 Å². The van der Waals surface area contributed by atoms with Crippen LogP contribution in [0.15, 0.2) is 48.6 Å². The molecule has 0 aliphatic heterocycles. The van der Waals surface area contributed by atoms with Gasteiger partial charge in [0.05, 0.1) is 13.2 Å².